The van der Waals surface area contributed by atoms with Crippen LogP contribution in [0.1, 0.15) is 53.5 Å². The van der Waals surface area contributed by atoms with Gasteiger partial charge in [0.1, 0.15) is 18.0 Å². The number of hydrogen-bond donors (Lipinski definition) is 0. The van der Waals surface area contributed by atoms with Gasteiger partial charge in [0, 0.05) is 11.8 Å². The number of methoxy groups -OCH3 is 1. The van der Waals surface area contributed by atoms with E-state index in [0.717, 1.165) is 11.8 Å². The second kappa shape index (κ2) is 10.1. The first-order valence-electron chi connectivity index (χ1n) is 13.5. The summed E-state index contributed by atoms with van der Waals surface area (Å²) in [6.07, 6.45) is -1.12. The number of carbonyl (C=O) groups is 2. The molecule has 1 aromatic rings. The molecule has 0 bridgehead atoms. The minimum atomic E-state index is -2.32. The van der Waals surface area contributed by atoms with Gasteiger partial charge in [0.2, 0.25) is 0 Å². The smallest absolute Gasteiger partial charge is 0.337 e. The summed E-state index contributed by atoms with van der Waals surface area (Å²) in [5, 5.41) is -0.0720. The maximum absolute atomic E-state index is 13.2. The van der Waals surface area contributed by atoms with Gasteiger partial charge >= 0.3 is 5.97 Å². The quantitative estimate of drug-likeness (QED) is 0.264. The van der Waals surface area contributed by atoms with Crippen molar-refractivity contribution in [2.24, 2.45) is 11.3 Å². The van der Waals surface area contributed by atoms with E-state index in [1.165, 1.54) is 7.11 Å². The van der Waals surface area contributed by atoms with E-state index in [9.17, 15) is 9.59 Å². The first-order valence-corrected chi connectivity index (χ1v) is 16.4. The lowest BCUT2D eigenvalue weighted by molar-refractivity contribution is -0.338. The number of esters is 1. The fourth-order valence-corrected chi connectivity index (χ4v) is 7.36. The zero-order valence-corrected chi connectivity index (χ0v) is 25.2. The van der Waals surface area contributed by atoms with E-state index < -0.39 is 55.3 Å². The molecule has 1 saturated carbocycles. The van der Waals surface area contributed by atoms with Gasteiger partial charge in [0.05, 0.1) is 38.4 Å². The molecule has 1 aromatic carbocycles. The van der Waals surface area contributed by atoms with Gasteiger partial charge in [0.15, 0.2) is 20.2 Å². The summed E-state index contributed by atoms with van der Waals surface area (Å²) < 4.78 is 37.4. The molecule has 212 valence electrons. The third-order valence-electron chi connectivity index (χ3n) is 9.25. The Hall–Kier alpha value is -1.62. The van der Waals surface area contributed by atoms with Crippen molar-refractivity contribution in [3.05, 3.63) is 35.9 Å². The van der Waals surface area contributed by atoms with Crippen LogP contribution in [0.3, 0.4) is 0 Å². The SMILES string of the molecule is COC(=O)[C@@H]1OC(C)(C)O[C@@H]1[C@]1(C)[C@@H](O[Si](C)(C)C(C)(C)C)C[C@H]2OC[C@@]2(OCc2ccccc2)[C@H]1C=O. The van der Waals surface area contributed by atoms with Gasteiger partial charge in [0.25, 0.3) is 0 Å². The van der Waals surface area contributed by atoms with E-state index in [1.54, 1.807) is 13.8 Å². The van der Waals surface area contributed by atoms with E-state index in [-0.39, 0.29) is 17.7 Å². The summed E-state index contributed by atoms with van der Waals surface area (Å²) in [5.74, 6) is -2.27. The largest absolute Gasteiger partial charge is 0.467 e. The maximum Gasteiger partial charge on any atom is 0.337 e. The van der Waals surface area contributed by atoms with Crippen LogP contribution >= 0.6 is 0 Å². The van der Waals surface area contributed by atoms with Gasteiger partial charge in [-0.25, -0.2) is 4.79 Å². The highest BCUT2D eigenvalue weighted by Crippen LogP contribution is 2.59. The van der Waals surface area contributed by atoms with Crippen molar-refractivity contribution in [3.63, 3.8) is 0 Å². The van der Waals surface area contributed by atoms with Gasteiger partial charge in [-0.05, 0) is 37.5 Å². The Kier molecular flexibility index (Phi) is 7.79. The minimum absolute atomic E-state index is 0.0720. The lowest BCUT2D eigenvalue weighted by Crippen LogP contribution is -2.77. The number of fused-ring (bicyclic) bond motifs is 1. The Balaban J connectivity index is 1.79. The molecule has 0 aromatic heterocycles. The van der Waals surface area contributed by atoms with Crippen molar-refractivity contribution < 1.29 is 37.7 Å². The molecule has 9 heteroatoms. The average Bonchev–Trinajstić information content (AvgIpc) is 3.17. The Morgan fingerprint density at radius 3 is 2.32 bits per heavy atom. The van der Waals surface area contributed by atoms with E-state index in [0.29, 0.717) is 13.0 Å². The molecule has 7 atom stereocenters. The van der Waals surface area contributed by atoms with E-state index >= 15 is 0 Å². The van der Waals surface area contributed by atoms with Crippen LogP contribution in [0.5, 0.6) is 0 Å². The van der Waals surface area contributed by atoms with Crippen LogP contribution < -0.4 is 0 Å². The van der Waals surface area contributed by atoms with Crippen LogP contribution in [-0.4, -0.2) is 70.1 Å². The molecule has 0 spiro atoms. The molecular weight excluding hydrogens is 504 g/mol. The van der Waals surface area contributed by atoms with Crippen molar-refractivity contribution in [1.82, 2.24) is 0 Å². The van der Waals surface area contributed by atoms with Gasteiger partial charge in [-0.15, -0.1) is 0 Å². The van der Waals surface area contributed by atoms with Crippen LogP contribution in [0.15, 0.2) is 30.3 Å². The van der Waals surface area contributed by atoms with Crippen LogP contribution in [0, 0.1) is 11.3 Å². The molecule has 0 N–H and O–H groups in total. The Labute approximate surface area is 227 Å². The predicted molar refractivity (Wildman–Crippen MR) is 144 cm³/mol. The molecule has 3 aliphatic rings. The molecule has 2 heterocycles. The Morgan fingerprint density at radius 2 is 1.79 bits per heavy atom. The lowest BCUT2D eigenvalue weighted by atomic mass is 9.54. The Bertz CT molecular complexity index is 1020. The number of aldehydes is 1. The number of benzene rings is 1. The summed E-state index contributed by atoms with van der Waals surface area (Å²) >= 11 is 0. The molecule has 0 radical (unpaired) electrons. The number of carbonyl (C=O) groups excluding carboxylic acids is 2. The zero-order valence-electron chi connectivity index (χ0n) is 24.2. The van der Waals surface area contributed by atoms with Crippen molar-refractivity contribution >= 4 is 20.6 Å². The molecule has 1 aliphatic carbocycles. The van der Waals surface area contributed by atoms with Crippen molar-refractivity contribution in [1.29, 1.82) is 0 Å². The van der Waals surface area contributed by atoms with E-state index in [2.05, 4.69) is 33.9 Å². The first-order chi connectivity index (χ1) is 17.6. The molecule has 2 aliphatic heterocycles. The standard InChI is InChI=1S/C29H44O8Si/c1-26(2,3)38(8,9)37-21-15-22-29(18-33-22,34-17-19-13-11-10-12-14-19)20(16-30)28(21,6)24-23(25(31)32-7)35-27(4,5)36-24/h10-14,16,20-24H,15,17-18H2,1-9H3/t20-,21-,22+,23+,24-,28-,29+/m0/s1. The zero-order chi connectivity index (χ0) is 28.1. The fraction of sp³-hybridized carbons (Fsp3) is 0.724. The predicted octanol–water partition coefficient (Wildman–Crippen LogP) is 4.65. The van der Waals surface area contributed by atoms with Crippen LogP contribution in [0.4, 0.5) is 0 Å². The molecule has 8 nitrogen and oxygen atoms in total. The van der Waals surface area contributed by atoms with Crippen LogP contribution in [0.2, 0.25) is 18.1 Å². The fourth-order valence-electron chi connectivity index (χ4n) is 5.95. The first kappa shape index (κ1) is 29.4. The summed E-state index contributed by atoms with van der Waals surface area (Å²) in [4.78, 5) is 26.2. The normalized spacial score (nSPS) is 36.7. The van der Waals surface area contributed by atoms with Gasteiger partial charge in [-0.1, -0.05) is 58.0 Å². The molecule has 0 amide bonds. The number of ether oxygens (including phenoxy) is 5. The minimum Gasteiger partial charge on any atom is -0.467 e. The summed E-state index contributed by atoms with van der Waals surface area (Å²) in [6, 6.07) is 9.87. The highest BCUT2D eigenvalue weighted by Gasteiger charge is 2.72. The topological polar surface area (TPSA) is 89.5 Å². The highest BCUT2D eigenvalue weighted by atomic mass is 28.4. The molecule has 38 heavy (non-hydrogen) atoms. The summed E-state index contributed by atoms with van der Waals surface area (Å²) in [7, 11) is -0.984. The monoisotopic (exact) mass is 548 g/mol. The second-order valence-corrected chi connectivity index (χ2v) is 17.9. The molecule has 2 saturated heterocycles. The highest BCUT2D eigenvalue weighted by molar-refractivity contribution is 6.74. The number of hydrogen-bond acceptors (Lipinski definition) is 8. The Morgan fingerprint density at radius 1 is 1.13 bits per heavy atom. The molecular formula is C29H44O8Si. The van der Waals surface area contributed by atoms with Gasteiger partial charge in [-0.2, -0.15) is 0 Å². The lowest BCUT2D eigenvalue weighted by Gasteiger charge is -2.64. The third-order valence-corrected chi connectivity index (χ3v) is 13.7. The van der Waals surface area contributed by atoms with Gasteiger partial charge < -0.3 is 32.9 Å². The third kappa shape index (κ3) is 4.90. The second-order valence-electron chi connectivity index (χ2n) is 13.1. The van der Waals surface area contributed by atoms with Crippen molar-refractivity contribution in [2.75, 3.05) is 13.7 Å². The average molecular weight is 549 g/mol. The summed E-state index contributed by atoms with van der Waals surface area (Å²) in [5.41, 5.74) is -0.843. The number of rotatable bonds is 8. The molecule has 3 fully saturated rings. The van der Waals surface area contributed by atoms with Gasteiger partial charge in [-0.3, -0.25) is 0 Å². The van der Waals surface area contributed by atoms with E-state index in [1.807, 2.05) is 37.3 Å². The maximum atomic E-state index is 13.2. The molecule has 0 unspecified atom stereocenters. The molecule has 4 rings (SSSR count). The van der Waals surface area contributed by atoms with Crippen LogP contribution in [0.25, 0.3) is 0 Å². The van der Waals surface area contributed by atoms with Crippen molar-refractivity contribution in [3.8, 4) is 0 Å². The van der Waals surface area contributed by atoms with Crippen molar-refractivity contribution in [2.45, 2.75) is 109 Å². The van der Waals surface area contributed by atoms with E-state index in [4.69, 9.17) is 28.1 Å². The summed E-state index contributed by atoms with van der Waals surface area (Å²) in [6.45, 7) is 17.0. The van der Waals surface area contributed by atoms with Crippen LogP contribution in [-0.2, 0) is 44.3 Å².